The van der Waals surface area contributed by atoms with Crippen LogP contribution in [0.25, 0.3) is 0 Å². The number of pyridine rings is 2. The quantitative estimate of drug-likeness (QED) is 0.914. The summed E-state index contributed by atoms with van der Waals surface area (Å²) in [6.45, 7) is 2.07. The molecule has 0 aliphatic carbocycles. The molecule has 0 saturated heterocycles. The van der Waals surface area contributed by atoms with Gasteiger partial charge >= 0.3 is 0 Å². The first kappa shape index (κ1) is 14.4. The number of hydrogen-bond donors (Lipinski definition) is 1. The normalized spacial score (nSPS) is 11.8. The molecule has 2 aromatic heterocycles. The van der Waals surface area contributed by atoms with Gasteiger partial charge in [0.25, 0.3) is 0 Å². The monoisotopic (exact) mass is 292 g/mol. The number of nitrogens with two attached hydrogens (primary N) is 1. The van der Waals surface area contributed by atoms with Crippen LogP contribution in [-0.2, 0) is 16.6 Å². The van der Waals surface area contributed by atoms with Gasteiger partial charge in [-0.2, -0.15) is 4.31 Å². The van der Waals surface area contributed by atoms with Gasteiger partial charge in [-0.15, -0.1) is 0 Å². The number of aromatic nitrogens is 2. The predicted octanol–water partition coefficient (Wildman–Crippen LogP) is 1.19. The summed E-state index contributed by atoms with van der Waals surface area (Å²) < 4.78 is 25.9. The van der Waals surface area contributed by atoms with Crippen molar-refractivity contribution in [2.45, 2.75) is 18.4 Å². The molecule has 0 radical (unpaired) electrons. The average Bonchev–Trinajstić information content (AvgIpc) is 2.39. The van der Waals surface area contributed by atoms with E-state index in [1.807, 2.05) is 19.1 Å². The van der Waals surface area contributed by atoms with Gasteiger partial charge in [0.1, 0.15) is 10.7 Å². The molecule has 0 aliphatic rings. The molecule has 2 N–H and O–H groups in total. The van der Waals surface area contributed by atoms with Crippen LogP contribution in [0.4, 0.5) is 5.82 Å². The van der Waals surface area contributed by atoms with Crippen LogP contribution >= 0.6 is 0 Å². The Morgan fingerprint density at radius 1 is 1.25 bits per heavy atom. The third-order valence-electron chi connectivity index (χ3n) is 2.80. The first-order valence-electron chi connectivity index (χ1n) is 6.00. The number of sulfonamides is 1. The zero-order valence-corrected chi connectivity index (χ0v) is 12.1. The first-order chi connectivity index (χ1) is 9.39. The fourth-order valence-corrected chi connectivity index (χ4v) is 2.81. The molecule has 0 bridgehead atoms. The summed E-state index contributed by atoms with van der Waals surface area (Å²) in [7, 11) is -2.08. The number of anilines is 1. The van der Waals surface area contributed by atoms with Crippen LogP contribution < -0.4 is 5.73 Å². The van der Waals surface area contributed by atoms with E-state index >= 15 is 0 Å². The van der Waals surface area contributed by atoms with E-state index in [1.54, 1.807) is 6.07 Å². The van der Waals surface area contributed by atoms with Crippen LogP contribution in [0.2, 0.25) is 0 Å². The van der Waals surface area contributed by atoms with Gasteiger partial charge in [0, 0.05) is 18.9 Å². The summed E-state index contributed by atoms with van der Waals surface area (Å²) in [6.07, 6.45) is 1.25. The number of rotatable bonds is 4. The Bertz CT molecular complexity index is 699. The van der Waals surface area contributed by atoms with E-state index in [4.69, 9.17) is 5.73 Å². The summed E-state index contributed by atoms with van der Waals surface area (Å²) in [4.78, 5) is 8.21. The Labute approximate surface area is 118 Å². The smallest absolute Gasteiger partial charge is 0.244 e. The van der Waals surface area contributed by atoms with Crippen molar-refractivity contribution in [3.8, 4) is 0 Å². The highest BCUT2D eigenvalue weighted by Crippen LogP contribution is 2.16. The molecule has 0 unspecified atom stereocenters. The maximum atomic E-state index is 12.4. The molecule has 0 saturated carbocycles. The molecule has 0 fully saturated rings. The Hall–Kier alpha value is -1.99. The Morgan fingerprint density at radius 2 is 2.00 bits per heavy atom. The van der Waals surface area contributed by atoms with Gasteiger partial charge < -0.3 is 5.73 Å². The van der Waals surface area contributed by atoms with Crippen molar-refractivity contribution in [1.29, 1.82) is 0 Å². The summed E-state index contributed by atoms with van der Waals surface area (Å²) in [5.41, 5.74) is 7.00. The molecular weight excluding hydrogens is 276 g/mol. The van der Waals surface area contributed by atoms with Gasteiger partial charge in [-0.1, -0.05) is 6.07 Å². The van der Waals surface area contributed by atoms with Crippen LogP contribution in [0.3, 0.4) is 0 Å². The van der Waals surface area contributed by atoms with Gasteiger partial charge in [0.15, 0.2) is 0 Å². The van der Waals surface area contributed by atoms with Crippen molar-refractivity contribution in [2.75, 3.05) is 12.8 Å². The molecule has 2 heterocycles. The molecule has 2 aromatic rings. The minimum absolute atomic E-state index is 0.113. The van der Waals surface area contributed by atoms with E-state index in [1.165, 1.54) is 29.7 Å². The summed E-state index contributed by atoms with van der Waals surface area (Å²) in [5.74, 6) is 0.284. The summed E-state index contributed by atoms with van der Waals surface area (Å²) in [6, 6.07) is 8.41. The van der Waals surface area contributed by atoms with E-state index in [-0.39, 0.29) is 17.3 Å². The molecule has 0 aromatic carbocycles. The molecule has 6 nitrogen and oxygen atoms in total. The highest BCUT2D eigenvalue weighted by Gasteiger charge is 2.21. The van der Waals surface area contributed by atoms with Crippen molar-refractivity contribution in [3.05, 3.63) is 47.9 Å². The van der Waals surface area contributed by atoms with Gasteiger partial charge in [-0.3, -0.25) is 4.98 Å². The number of nitrogen functional groups attached to an aromatic ring is 1. The minimum atomic E-state index is -3.59. The van der Waals surface area contributed by atoms with E-state index in [0.717, 1.165) is 5.69 Å². The number of hydrogen-bond acceptors (Lipinski definition) is 5. The third-order valence-corrected chi connectivity index (χ3v) is 4.59. The second kappa shape index (κ2) is 5.56. The van der Waals surface area contributed by atoms with Gasteiger partial charge in [0.2, 0.25) is 10.0 Å². The third kappa shape index (κ3) is 3.12. The molecule has 20 heavy (non-hydrogen) atoms. The van der Waals surface area contributed by atoms with Crippen LogP contribution in [0.1, 0.15) is 11.4 Å². The maximum absolute atomic E-state index is 12.4. The van der Waals surface area contributed by atoms with E-state index in [2.05, 4.69) is 9.97 Å². The highest BCUT2D eigenvalue weighted by molar-refractivity contribution is 7.89. The highest BCUT2D eigenvalue weighted by atomic mass is 32.2. The minimum Gasteiger partial charge on any atom is -0.384 e. The largest absolute Gasteiger partial charge is 0.384 e. The van der Waals surface area contributed by atoms with Crippen LogP contribution in [0.15, 0.2) is 41.4 Å². The van der Waals surface area contributed by atoms with Crippen molar-refractivity contribution in [2.24, 2.45) is 0 Å². The Morgan fingerprint density at radius 3 is 2.60 bits per heavy atom. The second-order valence-electron chi connectivity index (χ2n) is 4.45. The van der Waals surface area contributed by atoms with Crippen molar-refractivity contribution < 1.29 is 8.42 Å². The van der Waals surface area contributed by atoms with Crippen molar-refractivity contribution in [1.82, 2.24) is 14.3 Å². The average molecular weight is 292 g/mol. The van der Waals surface area contributed by atoms with Crippen molar-refractivity contribution >= 4 is 15.8 Å². The summed E-state index contributed by atoms with van der Waals surface area (Å²) in [5, 5.41) is 0. The van der Waals surface area contributed by atoms with Crippen molar-refractivity contribution in [3.63, 3.8) is 0 Å². The lowest BCUT2D eigenvalue weighted by Crippen LogP contribution is -2.27. The zero-order chi connectivity index (χ0) is 14.8. The van der Waals surface area contributed by atoms with Crippen LogP contribution in [0, 0.1) is 6.92 Å². The van der Waals surface area contributed by atoms with Gasteiger partial charge in [0.05, 0.1) is 12.2 Å². The predicted molar refractivity (Wildman–Crippen MR) is 76.3 cm³/mol. The fourth-order valence-electron chi connectivity index (χ4n) is 1.72. The van der Waals surface area contributed by atoms with E-state index in [0.29, 0.717) is 5.69 Å². The topological polar surface area (TPSA) is 89.2 Å². The molecule has 7 heteroatoms. The number of nitrogens with zero attached hydrogens (tertiary/aromatic N) is 3. The zero-order valence-electron chi connectivity index (χ0n) is 11.3. The molecule has 106 valence electrons. The maximum Gasteiger partial charge on any atom is 0.244 e. The Kier molecular flexibility index (Phi) is 4.01. The summed E-state index contributed by atoms with van der Waals surface area (Å²) >= 11 is 0. The fraction of sp³-hybridized carbons (Fsp3) is 0.231. The Balaban J connectivity index is 2.23. The van der Waals surface area contributed by atoms with E-state index in [9.17, 15) is 8.42 Å². The van der Waals surface area contributed by atoms with Gasteiger partial charge in [-0.25, -0.2) is 13.4 Å². The number of aryl methyl sites for hydroxylation is 1. The molecule has 0 aliphatic heterocycles. The van der Waals surface area contributed by atoms with Crippen LogP contribution in [-0.4, -0.2) is 29.7 Å². The molecule has 0 amide bonds. The van der Waals surface area contributed by atoms with E-state index < -0.39 is 10.0 Å². The SMILES string of the molecule is Cc1cccc(CN(C)S(=O)(=O)c2ccc(N)nc2)n1. The lowest BCUT2D eigenvalue weighted by molar-refractivity contribution is 0.461. The van der Waals surface area contributed by atoms with Crippen LogP contribution in [0.5, 0.6) is 0 Å². The molecule has 0 atom stereocenters. The molecular formula is C13H16N4O2S. The molecule has 2 rings (SSSR count). The lowest BCUT2D eigenvalue weighted by Gasteiger charge is -2.16. The standard InChI is InChI=1S/C13H16N4O2S/c1-10-4-3-5-11(16-10)9-17(2)20(18,19)12-6-7-13(14)15-8-12/h3-8H,9H2,1-2H3,(H2,14,15). The lowest BCUT2D eigenvalue weighted by atomic mass is 10.3. The van der Waals surface area contributed by atoms with Gasteiger partial charge in [-0.05, 0) is 31.2 Å². The molecule has 0 spiro atoms. The first-order valence-corrected chi connectivity index (χ1v) is 7.44. The second-order valence-corrected chi connectivity index (χ2v) is 6.50.